The molecule has 1 atom stereocenters. The number of methoxy groups -OCH3 is 1. The third-order valence-corrected chi connectivity index (χ3v) is 4.04. The molecular weight excluding hydrogens is 248 g/mol. The predicted octanol–water partition coefficient (Wildman–Crippen LogP) is 1.57. The molecule has 2 heterocycles. The van der Waals surface area contributed by atoms with Gasteiger partial charge in [0.2, 0.25) is 0 Å². The van der Waals surface area contributed by atoms with Crippen molar-refractivity contribution in [3.05, 3.63) is 16.3 Å². The molecule has 0 aromatic carbocycles. The molecule has 4 nitrogen and oxygen atoms in total. The van der Waals surface area contributed by atoms with Crippen LogP contribution in [0.25, 0.3) is 0 Å². The minimum Gasteiger partial charge on any atom is -0.496 e. The van der Waals surface area contributed by atoms with E-state index >= 15 is 0 Å². The van der Waals surface area contributed by atoms with E-state index in [4.69, 9.17) is 9.47 Å². The lowest BCUT2D eigenvalue weighted by atomic mass is 10.3. The maximum absolute atomic E-state index is 5.35. The van der Waals surface area contributed by atoms with Gasteiger partial charge in [0, 0.05) is 42.5 Å². The SMILES string of the molecule is COc1csc(CNC(C)CN2CCOCC2)c1. The largest absolute Gasteiger partial charge is 0.496 e. The summed E-state index contributed by atoms with van der Waals surface area (Å²) in [5.74, 6) is 0.956. The third-order valence-electron chi connectivity index (χ3n) is 3.13. The summed E-state index contributed by atoms with van der Waals surface area (Å²) in [7, 11) is 1.71. The van der Waals surface area contributed by atoms with E-state index in [1.54, 1.807) is 18.4 Å². The standard InChI is InChI=1S/C13H22N2O2S/c1-11(9-15-3-5-17-6-4-15)14-8-13-7-12(16-2)10-18-13/h7,10-11,14H,3-6,8-9H2,1-2H3. The zero-order valence-electron chi connectivity index (χ0n) is 11.1. The van der Waals surface area contributed by atoms with Crippen molar-refractivity contribution in [2.45, 2.75) is 19.5 Å². The monoisotopic (exact) mass is 270 g/mol. The van der Waals surface area contributed by atoms with Crippen LogP contribution in [-0.2, 0) is 11.3 Å². The first-order valence-corrected chi connectivity index (χ1v) is 7.31. The molecule has 1 aliphatic rings. The van der Waals surface area contributed by atoms with Gasteiger partial charge in [0.1, 0.15) is 5.75 Å². The van der Waals surface area contributed by atoms with Crippen molar-refractivity contribution in [1.82, 2.24) is 10.2 Å². The van der Waals surface area contributed by atoms with Crippen molar-refractivity contribution in [3.8, 4) is 5.75 Å². The molecule has 2 rings (SSSR count). The van der Waals surface area contributed by atoms with Crippen LogP contribution in [0.4, 0.5) is 0 Å². The summed E-state index contributed by atoms with van der Waals surface area (Å²) >= 11 is 1.74. The van der Waals surface area contributed by atoms with Gasteiger partial charge in [-0.25, -0.2) is 0 Å². The Hall–Kier alpha value is -0.620. The first-order chi connectivity index (χ1) is 8.78. The number of ether oxygens (including phenoxy) is 2. The van der Waals surface area contributed by atoms with Crippen LogP contribution in [0.2, 0.25) is 0 Å². The zero-order valence-corrected chi connectivity index (χ0v) is 12.0. The van der Waals surface area contributed by atoms with Gasteiger partial charge in [-0.1, -0.05) is 0 Å². The molecule has 5 heteroatoms. The summed E-state index contributed by atoms with van der Waals surface area (Å²) < 4.78 is 10.5. The molecule has 1 aliphatic heterocycles. The number of nitrogens with one attached hydrogen (secondary N) is 1. The van der Waals surface area contributed by atoms with Crippen LogP contribution in [0.1, 0.15) is 11.8 Å². The molecule has 0 saturated carbocycles. The maximum atomic E-state index is 5.35. The summed E-state index contributed by atoms with van der Waals surface area (Å²) in [6, 6.07) is 2.59. The van der Waals surface area contributed by atoms with E-state index in [0.29, 0.717) is 6.04 Å². The minimum atomic E-state index is 0.496. The predicted molar refractivity (Wildman–Crippen MR) is 74.4 cm³/mol. The van der Waals surface area contributed by atoms with E-state index in [0.717, 1.165) is 45.1 Å². The third kappa shape index (κ3) is 4.24. The van der Waals surface area contributed by atoms with E-state index in [9.17, 15) is 0 Å². The first kappa shape index (κ1) is 13.8. The van der Waals surface area contributed by atoms with Gasteiger partial charge in [-0.15, -0.1) is 11.3 Å². The Balaban J connectivity index is 1.68. The molecule has 0 amide bonds. The van der Waals surface area contributed by atoms with Gasteiger partial charge < -0.3 is 14.8 Å². The number of morpholine rings is 1. The Morgan fingerprint density at radius 2 is 2.28 bits per heavy atom. The van der Waals surface area contributed by atoms with Crippen LogP contribution in [-0.4, -0.2) is 50.9 Å². The summed E-state index contributed by atoms with van der Waals surface area (Å²) in [5.41, 5.74) is 0. The van der Waals surface area contributed by atoms with Gasteiger partial charge in [0.15, 0.2) is 0 Å². The van der Waals surface area contributed by atoms with Crippen molar-refractivity contribution in [1.29, 1.82) is 0 Å². The topological polar surface area (TPSA) is 33.7 Å². The molecule has 1 saturated heterocycles. The van der Waals surface area contributed by atoms with Crippen molar-refractivity contribution in [2.75, 3.05) is 40.0 Å². The summed E-state index contributed by atoms with van der Waals surface area (Å²) in [4.78, 5) is 3.77. The van der Waals surface area contributed by atoms with Gasteiger partial charge >= 0.3 is 0 Å². The molecule has 102 valence electrons. The van der Waals surface area contributed by atoms with Crippen molar-refractivity contribution < 1.29 is 9.47 Å². The van der Waals surface area contributed by atoms with Gasteiger partial charge in [0.05, 0.1) is 20.3 Å². The number of thiophene rings is 1. The van der Waals surface area contributed by atoms with Crippen molar-refractivity contribution in [2.24, 2.45) is 0 Å². The van der Waals surface area contributed by atoms with Gasteiger partial charge in [-0.05, 0) is 13.0 Å². The quantitative estimate of drug-likeness (QED) is 0.851. The Morgan fingerprint density at radius 1 is 1.50 bits per heavy atom. The lowest BCUT2D eigenvalue weighted by Gasteiger charge is -2.29. The number of hydrogen-bond donors (Lipinski definition) is 1. The van der Waals surface area contributed by atoms with Gasteiger partial charge in [0.25, 0.3) is 0 Å². The number of rotatable bonds is 6. The first-order valence-electron chi connectivity index (χ1n) is 6.43. The summed E-state index contributed by atoms with van der Waals surface area (Å²) in [5, 5.41) is 5.60. The smallest absolute Gasteiger partial charge is 0.129 e. The second kappa shape index (κ2) is 7.09. The van der Waals surface area contributed by atoms with E-state index < -0.39 is 0 Å². The number of hydrogen-bond acceptors (Lipinski definition) is 5. The van der Waals surface area contributed by atoms with Crippen molar-refractivity contribution >= 4 is 11.3 Å². The summed E-state index contributed by atoms with van der Waals surface area (Å²) in [6.07, 6.45) is 0. The molecule has 0 radical (unpaired) electrons. The van der Waals surface area contributed by atoms with Crippen LogP contribution >= 0.6 is 11.3 Å². The Kier molecular flexibility index (Phi) is 5.44. The molecule has 1 aromatic heterocycles. The molecule has 1 N–H and O–H groups in total. The molecular formula is C13H22N2O2S. The fraction of sp³-hybridized carbons (Fsp3) is 0.692. The van der Waals surface area contributed by atoms with Crippen LogP contribution in [0.15, 0.2) is 11.4 Å². The molecule has 0 aliphatic carbocycles. The van der Waals surface area contributed by atoms with E-state index in [1.165, 1.54) is 4.88 Å². The second-order valence-corrected chi connectivity index (χ2v) is 5.64. The van der Waals surface area contributed by atoms with Crippen LogP contribution in [0.5, 0.6) is 5.75 Å². The second-order valence-electron chi connectivity index (χ2n) is 4.65. The normalized spacial score (nSPS) is 18.8. The highest BCUT2D eigenvalue weighted by Gasteiger charge is 2.13. The molecule has 0 bridgehead atoms. The Labute approximate surface area is 113 Å². The molecule has 0 spiro atoms. The average Bonchev–Trinajstić information content (AvgIpc) is 2.85. The molecule has 1 fully saturated rings. The van der Waals surface area contributed by atoms with Crippen LogP contribution < -0.4 is 10.1 Å². The van der Waals surface area contributed by atoms with Crippen molar-refractivity contribution in [3.63, 3.8) is 0 Å². The lowest BCUT2D eigenvalue weighted by molar-refractivity contribution is 0.0343. The van der Waals surface area contributed by atoms with E-state index in [2.05, 4.69) is 23.2 Å². The van der Waals surface area contributed by atoms with Crippen LogP contribution in [0.3, 0.4) is 0 Å². The highest BCUT2D eigenvalue weighted by atomic mass is 32.1. The Morgan fingerprint density at radius 3 is 2.94 bits per heavy atom. The van der Waals surface area contributed by atoms with E-state index in [-0.39, 0.29) is 0 Å². The van der Waals surface area contributed by atoms with Crippen LogP contribution in [0, 0.1) is 0 Å². The number of nitrogens with zero attached hydrogens (tertiary/aromatic N) is 1. The average molecular weight is 270 g/mol. The molecule has 1 unspecified atom stereocenters. The highest BCUT2D eigenvalue weighted by molar-refractivity contribution is 7.10. The van der Waals surface area contributed by atoms with E-state index in [1.807, 2.05) is 5.38 Å². The summed E-state index contributed by atoms with van der Waals surface area (Å²) in [6.45, 7) is 8.09. The highest BCUT2D eigenvalue weighted by Crippen LogP contribution is 2.20. The minimum absolute atomic E-state index is 0.496. The fourth-order valence-corrected chi connectivity index (χ4v) is 2.85. The Bertz CT molecular complexity index is 351. The molecule has 18 heavy (non-hydrogen) atoms. The van der Waals surface area contributed by atoms with Gasteiger partial charge in [-0.3, -0.25) is 4.90 Å². The zero-order chi connectivity index (χ0) is 12.8. The fourth-order valence-electron chi connectivity index (χ4n) is 2.07. The maximum Gasteiger partial charge on any atom is 0.129 e. The lowest BCUT2D eigenvalue weighted by Crippen LogP contribution is -2.44. The van der Waals surface area contributed by atoms with Gasteiger partial charge in [-0.2, -0.15) is 0 Å². The molecule has 1 aromatic rings.